The fourth-order valence-electron chi connectivity index (χ4n) is 2.54. The summed E-state index contributed by atoms with van der Waals surface area (Å²) in [6.45, 7) is 0.985. The molecule has 0 saturated heterocycles. The Morgan fingerprint density at radius 2 is 1.82 bits per heavy atom. The van der Waals surface area contributed by atoms with Gasteiger partial charge in [-0.15, -0.1) is 0 Å². The second-order valence-corrected chi connectivity index (χ2v) is 5.32. The summed E-state index contributed by atoms with van der Waals surface area (Å²) in [5.41, 5.74) is 8.68. The first-order valence-corrected chi connectivity index (χ1v) is 7.39. The molecule has 3 aromatic rings. The van der Waals surface area contributed by atoms with E-state index in [2.05, 4.69) is 22.4 Å². The summed E-state index contributed by atoms with van der Waals surface area (Å²) in [6.07, 6.45) is 0. The number of carbonyl (C=O) groups is 1. The van der Waals surface area contributed by atoms with Crippen molar-refractivity contribution in [3.05, 3.63) is 71.9 Å². The number of H-pyrrole nitrogens is 1. The number of benzene rings is 2. The maximum Gasteiger partial charge on any atom is 0.251 e. The summed E-state index contributed by atoms with van der Waals surface area (Å²) >= 11 is 0. The van der Waals surface area contributed by atoms with Gasteiger partial charge in [0.25, 0.3) is 5.91 Å². The molecule has 1 heterocycles. The van der Waals surface area contributed by atoms with Crippen LogP contribution in [0.3, 0.4) is 0 Å². The van der Waals surface area contributed by atoms with Gasteiger partial charge in [-0.2, -0.15) is 0 Å². The van der Waals surface area contributed by atoms with Gasteiger partial charge >= 0.3 is 0 Å². The largest absolute Gasteiger partial charge is 0.358 e. The van der Waals surface area contributed by atoms with Crippen LogP contribution < -0.4 is 11.1 Å². The fourth-order valence-corrected chi connectivity index (χ4v) is 2.54. The Balaban J connectivity index is 1.70. The lowest BCUT2D eigenvalue weighted by Crippen LogP contribution is -2.31. The van der Waals surface area contributed by atoms with E-state index in [1.54, 1.807) is 12.1 Å². The molecule has 0 aliphatic carbocycles. The van der Waals surface area contributed by atoms with E-state index in [4.69, 9.17) is 5.73 Å². The van der Waals surface area contributed by atoms with E-state index < -0.39 is 0 Å². The van der Waals surface area contributed by atoms with Crippen LogP contribution in [0, 0.1) is 0 Å². The zero-order chi connectivity index (χ0) is 15.4. The average Bonchev–Trinajstić information content (AvgIpc) is 3.00. The Labute approximate surface area is 129 Å². The topological polar surface area (TPSA) is 70.9 Å². The quantitative estimate of drug-likeness (QED) is 0.677. The van der Waals surface area contributed by atoms with E-state index in [0.717, 1.165) is 16.6 Å². The molecular formula is C18H19N3O. The molecule has 0 aliphatic rings. The standard InChI is InChI=1S/C18H19N3O/c19-11-15(12-20-18(22)13-6-2-1-3-7-13)17-10-14-8-4-5-9-16(14)21-17/h1-10,15,21H,11-12,19H2,(H,20,22). The molecule has 1 amide bonds. The number of hydrogen-bond donors (Lipinski definition) is 3. The van der Waals surface area contributed by atoms with Crippen LogP contribution in [0.5, 0.6) is 0 Å². The molecule has 0 aliphatic heterocycles. The van der Waals surface area contributed by atoms with Gasteiger partial charge < -0.3 is 16.0 Å². The summed E-state index contributed by atoms with van der Waals surface area (Å²) in [6, 6.07) is 19.4. The maximum absolute atomic E-state index is 12.1. The van der Waals surface area contributed by atoms with E-state index in [0.29, 0.717) is 18.7 Å². The number of para-hydroxylation sites is 1. The van der Waals surface area contributed by atoms with Gasteiger partial charge in [-0.3, -0.25) is 4.79 Å². The monoisotopic (exact) mass is 293 g/mol. The van der Waals surface area contributed by atoms with Crippen LogP contribution in [0.25, 0.3) is 10.9 Å². The highest BCUT2D eigenvalue weighted by Gasteiger charge is 2.14. The van der Waals surface area contributed by atoms with Crippen molar-refractivity contribution in [1.29, 1.82) is 0 Å². The molecule has 2 aromatic carbocycles. The zero-order valence-corrected chi connectivity index (χ0v) is 12.3. The lowest BCUT2D eigenvalue weighted by molar-refractivity contribution is 0.0951. The molecule has 1 aromatic heterocycles. The number of rotatable bonds is 5. The highest BCUT2D eigenvalue weighted by molar-refractivity contribution is 5.94. The smallest absolute Gasteiger partial charge is 0.251 e. The van der Waals surface area contributed by atoms with Crippen molar-refractivity contribution in [2.75, 3.05) is 13.1 Å². The minimum atomic E-state index is -0.0739. The molecule has 4 N–H and O–H groups in total. The fraction of sp³-hybridized carbons (Fsp3) is 0.167. The maximum atomic E-state index is 12.1. The van der Waals surface area contributed by atoms with E-state index >= 15 is 0 Å². The average molecular weight is 293 g/mol. The first-order chi connectivity index (χ1) is 10.8. The van der Waals surface area contributed by atoms with Gasteiger partial charge in [0.1, 0.15) is 0 Å². The Morgan fingerprint density at radius 1 is 1.09 bits per heavy atom. The Morgan fingerprint density at radius 3 is 2.55 bits per heavy atom. The normalized spacial score (nSPS) is 12.2. The zero-order valence-electron chi connectivity index (χ0n) is 12.3. The third-order valence-electron chi connectivity index (χ3n) is 3.82. The highest BCUT2D eigenvalue weighted by Crippen LogP contribution is 2.20. The molecule has 0 bridgehead atoms. The first-order valence-electron chi connectivity index (χ1n) is 7.39. The minimum absolute atomic E-state index is 0.0695. The van der Waals surface area contributed by atoms with Crippen LogP contribution >= 0.6 is 0 Å². The van der Waals surface area contributed by atoms with Crippen molar-refractivity contribution in [3.63, 3.8) is 0 Å². The molecule has 0 radical (unpaired) electrons. The van der Waals surface area contributed by atoms with E-state index in [1.807, 2.05) is 36.4 Å². The third-order valence-corrected chi connectivity index (χ3v) is 3.82. The van der Waals surface area contributed by atoms with Crippen molar-refractivity contribution in [1.82, 2.24) is 10.3 Å². The molecule has 1 atom stereocenters. The summed E-state index contributed by atoms with van der Waals surface area (Å²) in [5, 5.41) is 4.11. The number of nitrogens with two attached hydrogens (primary N) is 1. The summed E-state index contributed by atoms with van der Waals surface area (Å²) in [7, 11) is 0. The molecule has 22 heavy (non-hydrogen) atoms. The number of fused-ring (bicyclic) bond motifs is 1. The SMILES string of the molecule is NCC(CNC(=O)c1ccccc1)c1cc2ccccc2[nH]1. The number of aromatic nitrogens is 1. The van der Waals surface area contributed by atoms with Crippen molar-refractivity contribution >= 4 is 16.8 Å². The molecule has 4 heteroatoms. The molecular weight excluding hydrogens is 274 g/mol. The summed E-state index contributed by atoms with van der Waals surface area (Å²) in [5.74, 6) is -0.00442. The number of hydrogen-bond acceptors (Lipinski definition) is 2. The molecule has 4 nitrogen and oxygen atoms in total. The predicted octanol–water partition coefficient (Wildman–Crippen LogP) is 2.64. The van der Waals surface area contributed by atoms with Crippen LogP contribution in [0.4, 0.5) is 0 Å². The van der Waals surface area contributed by atoms with Gasteiger partial charge in [-0.25, -0.2) is 0 Å². The second kappa shape index (κ2) is 6.45. The highest BCUT2D eigenvalue weighted by atomic mass is 16.1. The van der Waals surface area contributed by atoms with Crippen molar-refractivity contribution in [2.24, 2.45) is 5.73 Å². The van der Waals surface area contributed by atoms with E-state index in [1.165, 1.54) is 0 Å². The van der Waals surface area contributed by atoms with Crippen LogP contribution in [0.2, 0.25) is 0 Å². The van der Waals surface area contributed by atoms with E-state index in [-0.39, 0.29) is 11.8 Å². The van der Waals surface area contributed by atoms with Crippen LogP contribution in [0.1, 0.15) is 22.0 Å². The predicted molar refractivity (Wildman–Crippen MR) is 88.9 cm³/mol. The summed E-state index contributed by atoms with van der Waals surface area (Å²) in [4.78, 5) is 15.5. The van der Waals surface area contributed by atoms with Gasteiger partial charge in [-0.1, -0.05) is 36.4 Å². The van der Waals surface area contributed by atoms with Gasteiger partial charge in [0, 0.05) is 35.8 Å². The van der Waals surface area contributed by atoms with Gasteiger partial charge in [0.15, 0.2) is 0 Å². The number of carbonyl (C=O) groups excluding carboxylic acids is 1. The molecule has 0 saturated carbocycles. The Kier molecular flexibility index (Phi) is 4.21. The van der Waals surface area contributed by atoms with E-state index in [9.17, 15) is 4.79 Å². The summed E-state index contributed by atoms with van der Waals surface area (Å²) < 4.78 is 0. The van der Waals surface area contributed by atoms with Crippen LogP contribution in [0.15, 0.2) is 60.7 Å². The molecule has 0 fully saturated rings. The Hall–Kier alpha value is -2.59. The lowest BCUT2D eigenvalue weighted by atomic mass is 10.1. The molecule has 0 spiro atoms. The third kappa shape index (κ3) is 3.02. The second-order valence-electron chi connectivity index (χ2n) is 5.32. The van der Waals surface area contributed by atoms with Crippen molar-refractivity contribution in [3.8, 4) is 0 Å². The number of amides is 1. The van der Waals surface area contributed by atoms with Gasteiger partial charge in [-0.05, 0) is 29.7 Å². The van der Waals surface area contributed by atoms with Gasteiger partial charge in [0.2, 0.25) is 0 Å². The molecule has 3 rings (SSSR count). The number of aromatic amines is 1. The van der Waals surface area contributed by atoms with Crippen LogP contribution in [-0.2, 0) is 0 Å². The minimum Gasteiger partial charge on any atom is -0.358 e. The number of nitrogens with one attached hydrogen (secondary N) is 2. The van der Waals surface area contributed by atoms with Gasteiger partial charge in [0.05, 0.1) is 0 Å². The Bertz CT molecular complexity index is 731. The molecule has 1 unspecified atom stereocenters. The van der Waals surface area contributed by atoms with Crippen LogP contribution in [-0.4, -0.2) is 24.0 Å². The van der Waals surface area contributed by atoms with Crippen molar-refractivity contribution < 1.29 is 4.79 Å². The van der Waals surface area contributed by atoms with Crippen molar-refractivity contribution in [2.45, 2.75) is 5.92 Å². The lowest BCUT2D eigenvalue weighted by Gasteiger charge is -2.14. The first kappa shape index (κ1) is 14.4. The molecule has 112 valence electrons.